The van der Waals surface area contributed by atoms with Crippen molar-refractivity contribution in [2.75, 3.05) is 11.9 Å². The quantitative estimate of drug-likeness (QED) is 0.309. The van der Waals surface area contributed by atoms with Crippen molar-refractivity contribution in [2.24, 2.45) is 5.92 Å². The third-order valence-electron chi connectivity index (χ3n) is 7.19. The number of anilines is 1. The second-order valence-electron chi connectivity index (χ2n) is 10.3. The summed E-state index contributed by atoms with van der Waals surface area (Å²) in [6.07, 6.45) is 7.21. The van der Waals surface area contributed by atoms with Crippen molar-refractivity contribution in [2.45, 2.75) is 76.9 Å². The summed E-state index contributed by atoms with van der Waals surface area (Å²) in [6, 6.07) is 6.39. The van der Waals surface area contributed by atoms with E-state index in [1.165, 1.54) is 18.3 Å². The minimum absolute atomic E-state index is 0.00632. The summed E-state index contributed by atoms with van der Waals surface area (Å²) >= 11 is 1.45. The molecule has 3 aromatic rings. The summed E-state index contributed by atoms with van der Waals surface area (Å²) in [5.74, 6) is 0.501. The molecule has 0 aliphatic heterocycles. The molecule has 0 saturated heterocycles. The molecule has 38 heavy (non-hydrogen) atoms. The molecule has 202 valence electrons. The zero-order valence-corrected chi connectivity index (χ0v) is 22.5. The number of fused-ring (bicyclic) bond motifs is 1. The molecule has 2 fully saturated rings. The maximum Gasteiger partial charge on any atom is 0.229 e. The van der Waals surface area contributed by atoms with Gasteiger partial charge in [0.05, 0.1) is 22.4 Å². The molecule has 2 saturated carbocycles. The maximum absolute atomic E-state index is 12.7. The summed E-state index contributed by atoms with van der Waals surface area (Å²) < 4.78 is 6.75. The van der Waals surface area contributed by atoms with E-state index >= 15 is 0 Å². The van der Waals surface area contributed by atoms with Crippen LogP contribution < -0.4 is 16.0 Å². The van der Waals surface area contributed by atoms with Crippen LogP contribution in [-0.2, 0) is 20.9 Å². The Labute approximate surface area is 225 Å². The molecule has 0 bridgehead atoms. The van der Waals surface area contributed by atoms with E-state index in [-0.39, 0.29) is 42.5 Å². The zero-order valence-electron chi connectivity index (χ0n) is 21.6. The van der Waals surface area contributed by atoms with Gasteiger partial charge in [-0.1, -0.05) is 17.4 Å². The van der Waals surface area contributed by atoms with Crippen LogP contribution in [0.25, 0.3) is 21.3 Å². The van der Waals surface area contributed by atoms with Gasteiger partial charge < -0.3 is 25.8 Å². The normalized spacial score (nSPS) is 23.7. The molecule has 4 N–H and O–H groups in total. The first-order valence-electron chi connectivity index (χ1n) is 13.2. The molecular formula is C27H34N6O4S. The molecule has 1 aromatic carbocycles. The third kappa shape index (κ3) is 6.52. The van der Waals surface area contributed by atoms with Crippen molar-refractivity contribution in [3.63, 3.8) is 0 Å². The molecule has 11 heteroatoms. The molecule has 2 aliphatic rings. The van der Waals surface area contributed by atoms with Gasteiger partial charge >= 0.3 is 0 Å². The molecule has 0 radical (unpaired) electrons. The number of aromatic nitrogens is 3. The molecule has 10 nitrogen and oxygen atoms in total. The van der Waals surface area contributed by atoms with Crippen LogP contribution in [0.4, 0.5) is 5.13 Å². The van der Waals surface area contributed by atoms with E-state index < -0.39 is 6.10 Å². The number of benzene rings is 1. The second-order valence-corrected chi connectivity index (χ2v) is 11.3. The van der Waals surface area contributed by atoms with Crippen LogP contribution in [0.15, 0.2) is 30.6 Å². The van der Waals surface area contributed by atoms with Crippen molar-refractivity contribution in [1.82, 2.24) is 25.6 Å². The number of amides is 2. The predicted molar refractivity (Wildman–Crippen MR) is 146 cm³/mol. The standard InChI is InChI=1S/C27H34N6O4S/c1-15(11-28-16(2)34)31-20-8-18(9-20)26(36)33-27-32-21-7-6-17(10-24(21)38-27)19-12-29-25(30-13-19)14-37-23-5-3-4-22(23)35/h6-7,10,12-13,15,18,20,22-23,31,35H,3-5,8-9,11,14H2,1-2H3,(H,28,34)(H,32,33,36)/t15-,18?,20?,22-,23-/m0/s1. The first kappa shape index (κ1) is 26.6. The lowest BCUT2D eigenvalue weighted by Gasteiger charge is -2.36. The minimum atomic E-state index is -0.395. The van der Waals surface area contributed by atoms with Gasteiger partial charge in [-0.25, -0.2) is 15.0 Å². The van der Waals surface area contributed by atoms with Gasteiger partial charge in [-0.2, -0.15) is 0 Å². The molecule has 2 heterocycles. The lowest BCUT2D eigenvalue weighted by molar-refractivity contribution is -0.123. The summed E-state index contributed by atoms with van der Waals surface area (Å²) in [7, 11) is 0. The van der Waals surface area contributed by atoms with E-state index in [0.29, 0.717) is 17.5 Å². The van der Waals surface area contributed by atoms with Crippen LogP contribution in [0.5, 0.6) is 0 Å². The highest BCUT2D eigenvalue weighted by molar-refractivity contribution is 7.22. The molecule has 5 rings (SSSR count). The summed E-state index contributed by atoms with van der Waals surface area (Å²) in [4.78, 5) is 37.2. The number of rotatable bonds is 10. The van der Waals surface area contributed by atoms with E-state index in [4.69, 9.17) is 4.74 Å². The van der Waals surface area contributed by atoms with Crippen LogP contribution >= 0.6 is 11.3 Å². The first-order valence-corrected chi connectivity index (χ1v) is 14.0. The van der Waals surface area contributed by atoms with Gasteiger partial charge in [-0.3, -0.25) is 9.59 Å². The van der Waals surface area contributed by atoms with Gasteiger partial charge in [0, 0.05) is 49.4 Å². The SMILES string of the molecule is CC(=O)NC[C@H](C)NC1CC(C(=O)Nc2nc3ccc(-c4cnc(CO[C@H]5CCC[C@@H]5O)nc4)cc3s2)C1. The minimum Gasteiger partial charge on any atom is -0.390 e. The molecule has 0 unspecified atom stereocenters. The molecule has 2 aromatic heterocycles. The fourth-order valence-corrected chi connectivity index (χ4v) is 5.86. The predicted octanol–water partition coefficient (Wildman–Crippen LogP) is 3.01. The van der Waals surface area contributed by atoms with Gasteiger partial charge in [0.25, 0.3) is 0 Å². The van der Waals surface area contributed by atoms with E-state index in [0.717, 1.165) is 53.4 Å². The maximum atomic E-state index is 12.7. The number of hydrogen-bond acceptors (Lipinski definition) is 9. The van der Waals surface area contributed by atoms with E-state index in [1.807, 2.05) is 25.1 Å². The summed E-state index contributed by atoms with van der Waals surface area (Å²) in [6.45, 7) is 4.39. The Morgan fingerprint density at radius 2 is 1.97 bits per heavy atom. The molecule has 3 atom stereocenters. The van der Waals surface area contributed by atoms with Crippen molar-refractivity contribution in [1.29, 1.82) is 0 Å². The van der Waals surface area contributed by atoms with E-state index in [1.54, 1.807) is 12.4 Å². The third-order valence-corrected chi connectivity index (χ3v) is 8.12. The number of nitrogens with zero attached hydrogens (tertiary/aromatic N) is 3. The van der Waals surface area contributed by atoms with E-state index in [9.17, 15) is 14.7 Å². The number of carbonyl (C=O) groups excluding carboxylic acids is 2. The van der Waals surface area contributed by atoms with Gasteiger partial charge in [0.15, 0.2) is 11.0 Å². The number of carbonyl (C=O) groups is 2. The van der Waals surface area contributed by atoms with Crippen molar-refractivity contribution in [3.05, 3.63) is 36.4 Å². The molecular weight excluding hydrogens is 504 g/mol. The number of aliphatic hydroxyl groups is 1. The van der Waals surface area contributed by atoms with Crippen molar-refractivity contribution in [3.8, 4) is 11.1 Å². The monoisotopic (exact) mass is 538 g/mol. The Hall–Kier alpha value is -2.99. The number of hydrogen-bond donors (Lipinski definition) is 4. The average molecular weight is 539 g/mol. The van der Waals surface area contributed by atoms with Crippen LogP contribution in [0.2, 0.25) is 0 Å². The zero-order chi connectivity index (χ0) is 26.6. The smallest absolute Gasteiger partial charge is 0.229 e. The molecule has 2 aliphatic carbocycles. The fraction of sp³-hybridized carbons (Fsp3) is 0.519. The topological polar surface area (TPSA) is 138 Å². The van der Waals surface area contributed by atoms with E-state index in [2.05, 4.69) is 30.9 Å². The number of aliphatic hydroxyl groups excluding tert-OH is 1. The summed E-state index contributed by atoms with van der Waals surface area (Å²) in [5.41, 5.74) is 2.69. The number of ether oxygens (including phenoxy) is 1. The highest BCUT2D eigenvalue weighted by atomic mass is 32.1. The van der Waals surface area contributed by atoms with Crippen LogP contribution in [-0.4, -0.2) is 62.7 Å². The molecule has 2 amide bonds. The van der Waals surface area contributed by atoms with Gasteiger partial charge in [-0.05, 0) is 56.7 Å². The first-order chi connectivity index (χ1) is 18.3. The highest BCUT2D eigenvalue weighted by Gasteiger charge is 2.35. The largest absolute Gasteiger partial charge is 0.390 e. The van der Waals surface area contributed by atoms with Gasteiger partial charge in [-0.15, -0.1) is 0 Å². The van der Waals surface area contributed by atoms with Crippen LogP contribution in [0.3, 0.4) is 0 Å². The Balaban J connectivity index is 1.13. The number of thiazole rings is 1. The Kier molecular flexibility index (Phi) is 8.27. The van der Waals surface area contributed by atoms with Gasteiger partial charge in [0.2, 0.25) is 11.8 Å². The lowest BCUT2D eigenvalue weighted by Crippen LogP contribution is -2.51. The Morgan fingerprint density at radius 1 is 1.18 bits per heavy atom. The lowest BCUT2D eigenvalue weighted by atomic mass is 9.79. The summed E-state index contributed by atoms with van der Waals surface area (Å²) in [5, 5.41) is 19.7. The van der Waals surface area contributed by atoms with Crippen LogP contribution in [0, 0.1) is 5.92 Å². The Bertz CT molecular complexity index is 1280. The Morgan fingerprint density at radius 3 is 2.68 bits per heavy atom. The van der Waals surface area contributed by atoms with Crippen molar-refractivity contribution >= 4 is 38.5 Å². The fourth-order valence-electron chi connectivity index (χ4n) is 4.95. The second kappa shape index (κ2) is 11.8. The van der Waals surface area contributed by atoms with Crippen LogP contribution in [0.1, 0.15) is 51.8 Å². The van der Waals surface area contributed by atoms with Gasteiger partial charge in [0.1, 0.15) is 6.61 Å². The molecule has 0 spiro atoms. The average Bonchev–Trinajstić information content (AvgIpc) is 3.47. The van der Waals surface area contributed by atoms with Crippen molar-refractivity contribution < 1.29 is 19.4 Å². The number of nitrogens with one attached hydrogen (secondary N) is 3. The highest BCUT2D eigenvalue weighted by Crippen LogP contribution is 2.33.